The molecule has 0 fully saturated rings. The van der Waals surface area contributed by atoms with Crippen LogP contribution >= 0.6 is 0 Å². The maximum atomic E-state index is 10.1. The van der Waals surface area contributed by atoms with Crippen LogP contribution in [-0.4, -0.2) is 31.1 Å². The Morgan fingerprint density at radius 1 is 0.722 bits per heavy atom. The fourth-order valence-electron chi connectivity index (χ4n) is 0.941. The maximum absolute atomic E-state index is 10.1. The Hall–Kier alpha value is 0.710. The molecular formula is C13H28HfO4. The van der Waals surface area contributed by atoms with Gasteiger partial charge in [0.2, 0.25) is 0 Å². The first kappa shape index (κ1) is 21.0. The van der Waals surface area contributed by atoms with Crippen LogP contribution in [0.5, 0.6) is 0 Å². The van der Waals surface area contributed by atoms with E-state index >= 15 is 0 Å². The minimum absolute atomic E-state index is 0. The molecule has 0 unspecified atom stereocenters. The molecule has 0 atom stereocenters. The smallest absolute Gasteiger partial charge is 0.319 e. The zero-order valence-corrected chi connectivity index (χ0v) is 16.1. The zero-order chi connectivity index (χ0) is 13.5. The molecule has 0 aliphatic heterocycles. The predicted octanol–water partition coefficient (Wildman–Crippen LogP) is 2.61. The molecule has 0 radical (unpaired) electrons. The van der Waals surface area contributed by atoms with Gasteiger partial charge in [-0.1, -0.05) is 41.5 Å². The molecule has 0 aliphatic carbocycles. The average Bonchev–Trinajstić information content (AvgIpc) is 2.21. The second-order valence-corrected chi connectivity index (χ2v) is 5.64. The van der Waals surface area contributed by atoms with Crippen LogP contribution in [0, 0.1) is 17.8 Å². The van der Waals surface area contributed by atoms with Crippen LogP contribution < -0.4 is 0 Å². The molecule has 0 aromatic rings. The summed E-state index contributed by atoms with van der Waals surface area (Å²) >= 11 is 0. The quantitative estimate of drug-likeness (QED) is 0.455. The van der Waals surface area contributed by atoms with Gasteiger partial charge in [0.15, 0.2) is 0 Å². The summed E-state index contributed by atoms with van der Waals surface area (Å²) in [4.78, 5) is 0. The van der Waals surface area contributed by atoms with Crippen LogP contribution in [0.2, 0.25) is 0 Å². The van der Waals surface area contributed by atoms with Crippen molar-refractivity contribution in [2.75, 3.05) is 19.8 Å². The van der Waals surface area contributed by atoms with E-state index < -0.39 is 6.16 Å². The third kappa shape index (κ3) is 11.8. The summed E-state index contributed by atoms with van der Waals surface area (Å²) in [6.07, 6.45) is -1.90. The second-order valence-electron chi connectivity index (χ2n) is 5.64. The molecule has 1 N–H and O–H groups in total. The van der Waals surface area contributed by atoms with Crippen molar-refractivity contribution in [1.29, 1.82) is 0 Å². The van der Waals surface area contributed by atoms with Crippen LogP contribution in [0.4, 0.5) is 0 Å². The van der Waals surface area contributed by atoms with Gasteiger partial charge in [-0.05, 0) is 17.8 Å². The largest absolute Gasteiger partial charge is 0.410 e. The topological polar surface area (TPSA) is 47.9 Å². The van der Waals surface area contributed by atoms with E-state index in [2.05, 4.69) is 0 Å². The fraction of sp³-hybridized carbons (Fsp3) is 1.00. The summed E-state index contributed by atoms with van der Waals surface area (Å²) in [6, 6.07) is 0. The van der Waals surface area contributed by atoms with Gasteiger partial charge in [-0.2, -0.15) is 0 Å². The molecule has 0 aromatic carbocycles. The van der Waals surface area contributed by atoms with Gasteiger partial charge >= 0.3 is 6.16 Å². The minimum atomic E-state index is -1.90. The summed E-state index contributed by atoms with van der Waals surface area (Å²) in [5, 5.41) is 10.1. The van der Waals surface area contributed by atoms with Crippen molar-refractivity contribution < 1.29 is 45.2 Å². The molecule has 0 aliphatic rings. The summed E-state index contributed by atoms with van der Waals surface area (Å²) in [6.45, 7) is 13.2. The SMILES string of the molecule is CC(C)COC(O)(OCC(C)C)OCC(C)C.[Hf]. The number of hydrogen-bond donors (Lipinski definition) is 1. The van der Waals surface area contributed by atoms with Gasteiger partial charge in [0, 0.05) is 25.8 Å². The minimum Gasteiger partial charge on any atom is -0.319 e. The average molecular weight is 427 g/mol. The maximum Gasteiger partial charge on any atom is 0.410 e. The summed E-state index contributed by atoms with van der Waals surface area (Å²) in [7, 11) is 0. The Kier molecular flexibility index (Phi) is 12.3. The van der Waals surface area contributed by atoms with E-state index in [1.807, 2.05) is 41.5 Å². The normalized spacial score (nSPS) is 12.3. The molecule has 0 aromatic heterocycles. The first-order valence-electron chi connectivity index (χ1n) is 6.39. The van der Waals surface area contributed by atoms with Crippen LogP contribution in [-0.2, 0) is 40.1 Å². The van der Waals surface area contributed by atoms with Gasteiger partial charge in [-0.15, -0.1) is 0 Å². The number of hydrogen-bond acceptors (Lipinski definition) is 4. The van der Waals surface area contributed by atoms with Crippen LogP contribution in [0.3, 0.4) is 0 Å². The first-order chi connectivity index (χ1) is 7.75. The molecule has 0 rings (SSSR count). The van der Waals surface area contributed by atoms with Gasteiger partial charge in [0.05, 0.1) is 19.8 Å². The second kappa shape index (κ2) is 10.5. The Bertz CT molecular complexity index is 164. The number of rotatable bonds is 9. The van der Waals surface area contributed by atoms with E-state index in [1.165, 1.54) is 0 Å². The molecule has 0 saturated carbocycles. The van der Waals surface area contributed by atoms with E-state index in [1.54, 1.807) is 0 Å². The van der Waals surface area contributed by atoms with E-state index in [0.717, 1.165) is 0 Å². The first-order valence-corrected chi connectivity index (χ1v) is 6.39. The zero-order valence-electron chi connectivity index (χ0n) is 12.5. The number of aliphatic hydroxyl groups is 1. The van der Waals surface area contributed by atoms with Crippen LogP contribution in [0.25, 0.3) is 0 Å². The van der Waals surface area contributed by atoms with Gasteiger partial charge in [0.1, 0.15) is 0 Å². The van der Waals surface area contributed by atoms with Gasteiger partial charge < -0.3 is 19.3 Å². The van der Waals surface area contributed by atoms with E-state index in [-0.39, 0.29) is 25.8 Å². The standard InChI is InChI=1S/C13H28O4.Hf/c1-10(2)7-15-13(14,16-8-11(3)4)17-9-12(5)6;/h10-12,14H,7-9H2,1-6H3;. The van der Waals surface area contributed by atoms with Crippen LogP contribution in [0.15, 0.2) is 0 Å². The number of ether oxygens (including phenoxy) is 3. The molecule has 18 heavy (non-hydrogen) atoms. The van der Waals surface area contributed by atoms with E-state index in [9.17, 15) is 5.11 Å². The van der Waals surface area contributed by atoms with Crippen molar-refractivity contribution >= 4 is 0 Å². The van der Waals surface area contributed by atoms with Gasteiger partial charge in [-0.25, -0.2) is 0 Å². The monoisotopic (exact) mass is 428 g/mol. The summed E-state index contributed by atoms with van der Waals surface area (Å²) < 4.78 is 15.9. The van der Waals surface area contributed by atoms with Crippen molar-refractivity contribution in [3.05, 3.63) is 0 Å². The third-order valence-corrected chi connectivity index (χ3v) is 1.80. The molecule has 0 heterocycles. The Morgan fingerprint density at radius 3 is 1.11 bits per heavy atom. The van der Waals surface area contributed by atoms with Crippen molar-refractivity contribution in [2.45, 2.75) is 47.7 Å². The Morgan fingerprint density at radius 2 is 0.944 bits per heavy atom. The predicted molar refractivity (Wildman–Crippen MR) is 67.3 cm³/mol. The summed E-state index contributed by atoms with van der Waals surface area (Å²) in [5.74, 6) is 0.936. The molecule has 4 nitrogen and oxygen atoms in total. The van der Waals surface area contributed by atoms with Crippen LogP contribution in [0.1, 0.15) is 41.5 Å². The Balaban J connectivity index is 0. The molecule has 0 saturated heterocycles. The summed E-state index contributed by atoms with van der Waals surface area (Å²) in [5.41, 5.74) is 0. The third-order valence-electron chi connectivity index (χ3n) is 1.80. The fourth-order valence-corrected chi connectivity index (χ4v) is 0.941. The Labute approximate surface area is 130 Å². The molecule has 0 bridgehead atoms. The van der Waals surface area contributed by atoms with Crippen molar-refractivity contribution in [1.82, 2.24) is 0 Å². The molecular weight excluding hydrogens is 399 g/mol. The van der Waals surface area contributed by atoms with Crippen molar-refractivity contribution in [3.63, 3.8) is 0 Å². The van der Waals surface area contributed by atoms with Crippen molar-refractivity contribution in [2.24, 2.45) is 17.8 Å². The van der Waals surface area contributed by atoms with E-state index in [4.69, 9.17) is 14.2 Å². The molecule has 108 valence electrons. The van der Waals surface area contributed by atoms with Gasteiger partial charge in [0.25, 0.3) is 0 Å². The van der Waals surface area contributed by atoms with E-state index in [0.29, 0.717) is 37.6 Å². The molecule has 0 amide bonds. The van der Waals surface area contributed by atoms with Gasteiger partial charge in [-0.3, -0.25) is 0 Å². The molecule has 5 heteroatoms. The van der Waals surface area contributed by atoms with Crippen molar-refractivity contribution in [3.8, 4) is 0 Å². The molecule has 0 spiro atoms.